The molecule has 0 saturated carbocycles. The maximum atomic E-state index is 6.35. The van der Waals surface area contributed by atoms with Gasteiger partial charge in [-0.1, -0.05) is 48.0 Å². The second-order valence-corrected chi connectivity index (χ2v) is 6.77. The first-order valence-corrected chi connectivity index (χ1v) is 8.43. The van der Waals surface area contributed by atoms with Crippen molar-refractivity contribution in [1.29, 1.82) is 0 Å². The molecule has 0 unspecified atom stereocenters. The van der Waals surface area contributed by atoms with Crippen LogP contribution in [0.25, 0.3) is 11.1 Å². The molecular weight excluding hydrogens is 294 g/mol. The summed E-state index contributed by atoms with van der Waals surface area (Å²) in [4.78, 5) is 0. The molecule has 2 aromatic rings. The van der Waals surface area contributed by atoms with Crippen LogP contribution in [0, 0.1) is 0 Å². The maximum absolute atomic E-state index is 6.35. The molecule has 2 saturated heterocycles. The number of rotatable bonds is 3. The van der Waals surface area contributed by atoms with Gasteiger partial charge in [-0.3, -0.25) is 0 Å². The van der Waals surface area contributed by atoms with Crippen LogP contribution in [-0.4, -0.2) is 18.2 Å². The molecule has 0 spiro atoms. The van der Waals surface area contributed by atoms with Crippen LogP contribution >= 0.6 is 11.6 Å². The maximum Gasteiger partial charge on any atom is 0.138 e. The van der Waals surface area contributed by atoms with Crippen molar-refractivity contribution in [2.45, 2.75) is 43.9 Å². The second-order valence-electron chi connectivity index (χ2n) is 6.36. The van der Waals surface area contributed by atoms with Crippen LogP contribution in [0.15, 0.2) is 48.5 Å². The molecule has 0 aliphatic carbocycles. The first-order valence-electron chi connectivity index (χ1n) is 8.05. The fourth-order valence-electron chi connectivity index (χ4n) is 3.68. The Hall–Kier alpha value is -1.51. The van der Waals surface area contributed by atoms with Gasteiger partial charge in [0.15, 0.2) is 0 Å². The molecule has 3 heteroatoms. The van der Waals surface area contributed by atoms with E-state index in [-0.39, 0.29) is 6.10 Å². The highest BCUT2D eigenvalue weighted by Crippen LogP contribution is 2.35. The van der Waals surface area contributed by atoms with Gasteiger partial charge < -0.3 is 10.1 Å². The van der Waals surface area contributed by atoms with E-state index in [0.717, 1.165) is 24.2 Å². The minimum atomic E-state index is 0.280. The summed E-state index contributed by atoms with van der Waals surface area (Å²) >= 11 is 6.35. The Labute approximate surface area is 136 Å². The molecule has 4 rings (SSSR count). The average Bonchev–Trinajstić information content (AvgIpc) is 2.89. The van der Waals surface area contributed by atoms with Gasteiger partial charge in [0.25, 0.3) is 0 Å². The van der Waals surface area contributed by atoms with Gasteiger partial charge in [-0.2, -0.15) is 0 Å². The monoisotopic (exact) mass is 313 g/mol. The molecule has 2 bridgehead atoms. The van der Waals surface area contributed by atoms with Gasteiger partial charge in [0, 0.05) is 12.1 Å². The van der Waals surface area contributed by atoms with E-state index >= 15 is 0 Å². The van der Waals surface area contributed by atoms with Gasteiger partial charge in [-0.15, -0.1) is 0 Å². The largest absolute Gasteiger partial charge is 0.489 e. The van der Waals surface area contributed by atoms with Gasteiger partial charge >= 0.3 is 0 Å². The number of piperidine rings is 1. The number of halogens is 1. The molecule has 2 heterocycles. The number of hydrogen-bond donors (Lipinski definition) is 1. The summed E-state index contributed by atoms with van der Waals surface area (Å²) in [7, 11) is 0. The predicted molar refractivity (Wildman–Crippen MR) is 90.5 cm³/mol. The molecule has 3 atom stereocenters. The Balaban J connectivity index is 1.56. The molecular formula is C19H20ClNO. The van der Waals surface area contributed by atoms with Crippen LogP contribution in [0.1, 0.15) is 25.7 Å². The molecule has 1 N–H and O–H groups in total. The lowest BCUT2D eigenvalue weighted by Crippen LogP contribution is -2.42. The van der Waals surface area contributed by atoms with E-state index < -0.39 is 0 Å². The number of fused-ring (bicyclic) bond motifs is 2. The minimum absolute atomic E-state index is 0.280. The standard InChI is InChI=1S/C19H20ClNO/c20-18-9-6-14(13-4-2-1-3-5-13)10-19(18)22-17-11-15-7-8-16(12-17)21-15/h1-6,9-10,15-17,21H,7-8,11-12H2/t15-,16+,17-. The second kappa shape index (κ2) is 5.94. The fourth-order valence-corrected chi connectivity index (χ4v) is 3.85. The zero-order valence-corrected chi connectivity index (χ0v) is 13.2. The van der Waals surface area contributed by atoms with E-state index in [1.54, 1.807) is 0 Å². The van der Waals surface area contributed by atoms with Crippen molar-refractivity contribution in [3.63, 3.8) is 0 Å². The summed E-state index contributed by atoms with van der Waals surface area (Å²) < 4.78 is 6.26. The fraction of sp³-hybridized carbons (Fsp3) is 0.368. The third-order valence-corrected chi connectivity index (χ3v) is 5.07. The number of hydrogen-bond acceptors (Lipinski definition) is 2. The molecule has 2 aliphatic heterocycles. The average molecular weight is 314 g/mol. The number of benzene rings is 2. The molecule has 22 heavy (non-hydrogen) atoms. The Kier molecular flexibility index (Phi) is 3.81. The van der Waals surface area contributed by atoms with Crippen molar-refractivity contribution >= 4 is 11.6 Å². The van der Waals surface area contributed by atoms with Crippen molar-refractivity contribution in [1.82, 2.24) is 5.32 Å². The smallest absolute Gasteiger partial charge is 0.138 e. The van der Waals surface area contributed by atoms with Gasteiger partial charge in [0.1, 0.15) is 11.9 Å². The molecule has 0 aromatic heterocycles. The topological polar surface area (TPSA) is 21.3 Å². The molecule has 0 radical (unpaired) electrons. The Bertz CT molecular complexity index is 646. The van der Waals surface area contributed by atoms with E-state index in [2.05, 4.69) is 41.7 Å². The van der Waals surface area contributed by atoms with Crippen molar-refractivity contribution in [3.05, 3.63) is 53.6 Å². The lowest BCUT2D eigenvalue weighted by atomic mass is 10.0. The van der Waals surface area contributed by atoms with Crippen LogP contribution < -0.4 is 10.1 Å². The third-order valence-electron chi connectivity index (χ3n) is 4.76. The minimum Gasteiger partial charge on any atom is -0.489 e. The lowest BCUT2D eigenvalue weighted by Gasteiger charge is -2.30. The summed E-state index contributed by atoms with van der Waals surface area (Å²) in [5.41, 5.74) is 2.34. The van der Waals surface area contributed by atoms with E-state index in [9.17, 15) is 0 Å². The summed E-state index contributed by atoms with van der Waals surface area (Å²) in [6.45, 7) is 0. The van der Waals surface area contributed by atoms with Crippen molar-refractivity contribution < 1.29 is 4.74 Å². The van der Waals surface area contributed by atoms with Gasteiger partial charge in [0.05, 0.1) is 5.02 Å². The van der Waals surface area contributed by atoms with Crippen LogP contribution in [-0.2, 0) is 0 Å². The SMILES string of the molecule is Clc1ccc(-c2ccccc2)cc1O[C@@H]1C[C@H]2CC[C@@H](C1)N2. The van der Waals surface area contributed by atoms with Crippen molar-refractivity contribution in [2.75, 3.05) is 0 Å². The zero-order valence-electron chi connectivity index (χ0n) is 12.5. The summed E-state index contributed by atoms with van der Waals surface area (Å²) in [5, 5.41) is 4.34. The molecule has 0 amide bonds. The first-order chi connectivity index (χ1) is 10.8. The number of ether oxygens (including phenoxy) is 1. The van der Waals surface area contributed by atoms with Crippen LogP contribution in [0.4, 0.5) is 0 Å². The summed E-state index contributed by atoms with van der Waals surface area (Å²) in [6, 6.07) is 17.7. The quantitative estimate of drug-likeness (QED) is 0.889. The van der Waals surface area contributed by atoms with Crippen LogP contribution in [0.5, 0.6) is 5.75 Å². The predicted octanol–water partition coefficient (Wildman–Crippen LogP) is 4.67. The highest BCUT2D eigenvalue weighted by Gasteiger charge is 2.34. The molecule has 2 nitrogen and oxygen atoms in total. The van der Waals surface area contributed by atoms with Crippen LogP contribution in [0.2, 0.25) is 5.02 Å². The summed E-state index contributed by atoms with van der Waals surface area (Å²) in [5.74, 6) is 0.814. The van der Waals surface area contributed by atoms with E-state index in [0.29, 0.717) is 17.1 Å². The summed E-state index contributed by atoms with van der Waals surface area (Å²) in [6.07, 6.45) is 5.01. The number of nitrogens with one attached hydrogen (secondary N) is 1. The molecule has 2 aliphatic rings. The van der Waals surface area contributed by atoms with Crippen molar-refractivity contribution in [2.24, 2.45) is 0 Å². The lowest BCUT2D eigenvalue weighted by molar-refractivity contribution is 0.137. The molecule has 2 fully saturated rings. The van der Waals surface area contributed by atoms with Gasteiger partial charge in [-0.05, 0) is 48.9 Å². The van der Waals surface area contributed by atoms with E-state index in [1.807, 2.05) is 12.1 Å². The van der Waals surface area contributed by atoms with Gasteiger partial charge in [-0.25, -0.2) is 0 Å². The highest BCUT2D eigenvalue weighted by atomic mass is 35.5. The van der Waals surface area contributed by atoms with Gasteiger partial charge in [0.2, 0.25) is 0 Å². The molecule has 2 aromatic carbocycles. The normalized spacial score (nSPS) is 26.9. The van der Waals surface area contributed by atoms with Crippen molar-refractivity contribution in [3.8, 4) is 16.9 Å². The Morgan fingerprint density at radius 1 is 0.909 bits per heavy atom. The molecule has 114 valence electrons. The highest BCUT2D eigenvalue weighted by molar-refractivity contribution is 6.32. The van der Waals surface area contributed by atoms with Crippen LogP contribution in [0.3, 0.4) is 0 Å². The first kappa shape index (κ1) is 14.1. The Morgan fingerprint density at radius 3 is 2.36 bits per heavy atom. The Morgan fingerprint density at radius 2 is 1.64 bits per heavy atom. The van der Waals surface area contributed by atoms with E-state index in [1.165, 1.54) is 18.4 Å². The zero-order chi connectivity index (χ0) is 14.9. The van der Waals surface area contributed by atoms with E-state index in [4.69, 9.17) is 16.3 Å². The third kappa shape index (κ3) is 2.86.